The molecule has 1 aromatic carbocycles. The fourth-order valence-electron chi connectivity index (χ4n) is 1.18. The molecule has 2 nitrogen and oxygen atoms in total. The van der Waals surface area contributed by atoms with Crippen molar-refractivity contribution in [2.24, 2.45) is 0 Å². The van der Waals surface area contributed by atoms with Crippen LogP contribution in [0.1, 0.15) is 0 Å². The highest BCUT2D eigenvalue weighted by molar-refractivity contribution is 9.10. The monoisotopic (exact) mass is 226 g/mol. The third-order valence-corrected chi connectivity index (χ3v) is 2.18. The van der Waals surface area contributed by atoms with Crippen LogP contribution in [0.3, 0.4) is 0 Å². The highest BCUT2D eigenvalue weighted by atomic mass is 79.9. The highest BCUT2D eigenvalue weighted by Crippen LogP contribution is 2.30. The minimum Gasteiger partial charge on any atom is -0.496 e. The molecule has 0 aliphatic carbocycles. The summed E-state index contributed by atoms with van der Waals surface area (Å²) >= 11 is 3.37. The third kappa shape index (κ3) is 1.10. The van der Waals surface area contributed by atoms with Crippen molar-refractivity contribution in [3.05, 3.63) is 28.9 Å². The largest absolute Gasteiger partial charge is 0.496 e. The van der Waals surface area contributed by atoms with Crippen LogP contribution in [0.2, 0.25) is 0 Å². The number of benzene rings is 1. The van der Waals surface area contributed by atoms with Gasteiger partial charge < -0.3 is 9.15 Å². The molecule has 0 aliphatic heterocycles. The molecule has 0 saturated heterocycles. The molecular formula is C9H7BrO2. The van der Waals surface area contributed by atoms with Gasteiger partial charge in [0.05, 0.1) is 18.8 Å². The van der Waals surface area contributed by atoms with Crippen LogP contribution in [-0.2, 0) is 0 Å². The molecule has 0 unspecified atom stereocenters. The fourth-order valence-corrected chi connectivity index (χ4v) is 1.59. The maximum atomic E-state index is 5.23. The van der Waals surface area contributed by atoms with Crippen molar-refractivity contribution in [2.75, 3.05) is 7.11 Å². The molecule has 12 heavy (non-hydrogen) atoms. The van der Waals surface area contributed by atoms with E-state index in [0.717, 1.165) is 21.2 Å². The van der Waals surface area contributed by atoms with Crippen LogP contribution in [0.4, 0.5) is 0 Å². The molecule has 0 saturated carbocycles. The van der Waals surface area contributed by atoms with Crippen LogP contribution in [0, 0.1) is 0 Å². The Morgan fingerprint density at radius 2 is 2.25 bits per heavy atom. The van der Waals surface area contributed by atoms with Gasteiger partial charge >= 0.3 is 0 Å². The molecule has 1 heterocycles. The van der Waals surface area contributed by atoms with E-state index in [4.69, 9.17) is 9.15 Å². The van der Waals surface area contributed by atoms with Crippen LogP contribution in [0.25, 0.3) is 11.0 Å². The van der Waals surface area contributed by atoms with Crippen molar-refractivity contribution in [1.82, 2.24) is 0 Å². The van der Waals surface area contributed by atoms with E-state index in [1.54, 1.807) is 13.4 Å². The smallest absolute Gasteiger partial charge is 0.138 e. The molecular weight excluding hydrogens is 220 g/mol. The van der Waals surface area contributed by atoms with Gasteiger partial charge in [-0.15, -0.1) is 0 Å². The first-order valence-electron chi connectivity index (χ1n) is 3.52. The summed E-state index contributed by atoms with van der Waals surface area (Å²) in [6.45, 7) is 0. The van der Waals surface area contributed by atoms with E-state index in [9.17, 15) is 0 Å². The third-order valence-electron chi connectivity index (χ3n) is 1.72. The second-order valence-electron chi connectivity index (χ2n) is 2.44. The predicted molar refractivity (Wildman–Crippen MR) is 50.5 cm³/mol. The molecule has 0 radical (unpaired) electrons. The van der Waals surface area contributed by atoms with E-state index in [2.05, 4.69) is 15.9 Å². The molecule has 0 atom stereocenters. The first-order chi connectivity index (χ1) is 5.81. The van der Waals surface area contributed by atoms with E-state index in [0.29, 0.717) is 0 Å². The Bertz CT molecular complexity index is 406. The Hall–Kier alpha value is -0.960. The summed E-state index contributed by atoms with van der Waals surface area (Å²) in [5, 5.41) is 1.00. The van der Waals surface area contributed by atoms with Gasteiger partial charge in [0, 0.05) is 4.47 Å². The van der Waals surface area contributed by atoms with E-state index < -0.39 is 0 Å². The lowest BCUT2D eigenvalue weighted by molar-refractivity contribution is 0.419. The molecule has 0 amide bonds. The van der Waals surface area contributed by atoms with Gasteiger partial charge in [0.2, 0.25) is 0 Å². The molecule has 0 fully saturated rings. The Morgan fingerprint density at radius 3 is 3.00 bits per heavy atom. The molecule has 0 spiro atoms. The average Bonchev–Trinajstić information content (AvgIpc) is 2.50. The van der Waals surface area contributed by atoms with Gasteiger partial charge in [0.25, 0.3) is 0 Å². The standard InChI is InChI=1S/C9H7BrO2/c1-11-8-4-6(10)5-9-7(8)2-3-12-9/h2-5H,1H3. The second-order valence-corrected chi connectivity index (χ2v) is 3.36. The van der Waals surface area contributed by atoms with Crippen molar-refractivity contribution >= 4 is 26.9 Å². The summed E-state index contributed by atoms with van der Waals surface area (Å²) in [7, 11) is 1.65. The number of halogens is 1. The van der Waals surface area contributed by atoms with Crippen LogP contribution in [0.15, 0.2) is 33.4 Å². The molecule has 62 valence electrons. The highest BCUT2D eigenvalue weighted by Gasteiger charge is 2.04. The Morgan fingerprint density at radius 1 is 1.42 bits per heavy atom. The van der Waals surface area contributed by atoms with Gasteiger partial charge in [-0.25, -0.2) is 0 Å². The van der Waals surface area contributed by atoms with Crippen LogP contribution >= 0.6 is 15.9 Å². The number of fused-ring (bicyclic) bond motifs is 1. The zero-order valence-corrected chi connectivity index (χ0v) is 8.09. The first kappa shape index (κ1) is 7.68. The van der Waals surface area contributed by atoms with Crippen LogP contribution in [-0.4, -0.2) is 7.11 Å². The van der Waals surface area contributed by atoms with Gasteiger partial charge in [-0.1, -0.05) is 15.9 Å². The lowest BCUT2D eigenvalue weighted by atomic mass is 10.2. The normalized spacial score (nSPS) is 10.5. The summed E-state index contributed by atoms with van der Waals surface area (Å²) in [4.78, 5) is 0. The van der Waals surface area contributed by atoms with E-state index in [-0.39, 0.29) is 0 Å². The maximum Gasteiger partial charge on any atom is 0.138 e. The molecule has 0 N–H and O–H groups in total. The van der Waals surface area contributed by atoms with Gasteiger partial charge in [0.15, 0.2) is 0 Å². The van der Waals surface area contributed by atoms with E-state index in [1.165, 1.54) is 0 Å². The molecule has 1 aromatic heterocycles. The zero-order valence-electron chi connectivity index (χ0n) is 6.50. The fraction of sp³-hybridized carbons (Fsp3) is 0.111. The van der Waals surface area contributed by atoms with Gasteiger partial charge in [-0.2, -0.15) is 0 Å². The van der Waals surface area contributed by atoms with Crippen molar-refractivity contribution in [2.45, 2.75) is 0 Å². The zero-order chi connectivity index (χ0) is 8.55. The van der Waals surface area contributed by atoms with Crippen molar-refractivity contribution in [3.63, 3.8) is 0 Å². The quantitative estimate of drug-likeness (QED) is 0.746. The predicted octanol–water partition coefficient (Wildman–Crippen LogP) is 3.20. The van der Waals surface area contributed by atoms with E-state index >= 15 is 0 Å². The number of ether oxygens (including phenoxy) is 1. The van der Waals surface area contributed by atoms with Gasteiger partial charge in [0.1, 0.15) is 11.3 Å². The summed E-state index contributed by atoms with van der Waals surface area (Å²) in [5.41, 5.74) is 0.834. The first-order valence-corrected chi connectivity index (χ1v) is 4.31. The number of methoxy groups -OCH3 is 1. The van der Waals surface area contributed by atoms with E-state index in [1.807, 2.05) is 18.2 Å². The summed E-state index contributed by atoms with van der Waals surface area (Å²) < 4.78 is 11.4. The minimum absolute atomic E-state index is 0.827. The SMILES string of the molecule is COc1cc(Br)cc2occc12. The number of hydrogen-bond acceptors (Lipinski definition) is 2. The van der Waals surface area contributed by atoms with Gasteiger partial charge in [-0.05, 0) is 18.2 Å². The molecule has 2 rings (SSSR count). The lowest BCUT2D eigenvalue weighted by Gasteiger charge is -2.00. The number of hydrogen-bond donors (Lipinski definition) is 0. The maximum absolute atomic E-state index is 5.23. The Balaban J connectivity index is 2.80. The topological polar surface area (TPSA) is 22.4 Å². The number of furan rings is 1. The Kier molecular flexibility index (Phi) is 1.81. The molecule has 3 heteroatoms. The van der Waals surface area contributed by atoms with Gasteiger partial charge in [-0.3, -0.25) is 0 Å². The van der Waals surface area contributed by atoms with Crippen molar-refractivity contribution in [3.8, 4) is 5.75 Å². The lowest BCUT2D eigenvalue weighted by Crippen LogP contribution is -1.82. The summed E-state index contributed by atoms with van der Waals surface area (Å²) in [5.74, 6) is 0.827. The average molecular weight is 227 g/mol. The second kappa shape index (κ2) is 2.83. The van der Waals surface area contributed by atoms with Crippen molar-refractivity contribution in [1.29, 1.82) is 0 Å². The summed E-state index contributed by atoms with van der Waals surface area (Å²) in [6, 6.07) is 5.72. The number of rotatable bonds is 1. The summed E-state index contributed by atoms with van der Waals surface area (Å²) in [6.07, 6.45) is 1.65. The molecule has 0 bridgehead atoms. The Labute approximate surface area is 78.3 Å². The van der Waals surface area contributed by atoms with Crippen molar-refractivity contribution < 1.29 is 9.15 Å². The molecule has 0 aliphatic rings. The minimum atomic E-state index is 0.827. The van der Waals surface area contributed by atoms with Crippen LogP contribution < -0.4 is 4.74 Å². The van der Waals surface area contributed by atoms with Crippen LogP contribution in [0.5, 0.6) is 5.75 Å². The molecule has 2 aromatic rings.